The normalized spacial score (nSPS) is 12.0. The molecular formula is C19H33IN4O. The van der Waals surface area contributed by atoms with Crippen LogP contribution in [-0.4, -0.2) is 37.5 Å². The average molecular weight is 460 g/mol. The van der Waals surface area contributed by atoms with Gasteiger partial charge in [0.25, 0.3) is 0 Å². The number of guanidine groups is 1. The van der Waals surface area contributed by atoms with E-state index < -0.39 is 0 Å². The highest BCUT2D eigenvalue weighted by atomic mass is 127. The van der Waals surface area contributed by atoms with Gasteiger partial charge in [0.2, 0.25) is 5.91 Å². The van der Waals surface area contributed by atoms with Crippen molar-refractivity contribution in [1.82, 2.24) is 16.0 Å². The average Bonchev–Trinajstić information content (AvgIpc) is 2.59. The number of aliphatic imine (C=N–C) groups is 1. The predicted molar refractivity (Wildman–Crippen MR) is 117 cm³/mol. The molecule has 0 bridgehead atoms. The summed E-state index contributed by atoms with van der Waals surface area (Å²) in [4.78, 5) is 16.3. The Morgan fingerprint density at radius 3 is 2.52 bits per heavy atom. The molecule has 0 aliphatic heterocycles. The van der Waals surface area contributed by atoms with Crippen LogP contribution in [0.1, 0.15) is 45.6 Å². The molecule has 0 radical (unpaired) electrons. The Balaban J connectivity index is 0.00000576. The van der Waals surface area contributed by atoms with Crippen LogP contribution in [0.3, 0.4) is 0 Å². The number of nitrogens with zero attached hydrogens (tertiary/aromatic N) is 1. The van der Waals surface area contributed by atoms with E-state index >= 15 is 0 Å². The zero-order valence-electron chi connectivity index (χ0n) is 15.7. The molecule has 1 amide bonds. The van der Waals surface area contributed by atoms with E-state index in [9.17, 15) is 4.79 Å². The second-order valence-electron chi connectivity index (χ2n) is 5.90. The first-order valence-electron chi connectivity index (χ1n) is 9.01. The number of benzene rings is 1. The summed E-state index contributed by atoms with van der Waals surface area (Å²) in [7, 11) is 0. The number of aryl methyl sites for hydroxylation is 1. The molecular weight excluding hydrogens is 427 g/mol. The predicted octanol–water partition coefficient (Wildman–Crippen LogP) is 3.10. The number of carbonyl (C=O) groups excluding carboxylic acids is 1. The molecule has 0 aromatic heterocycles. The molecule has 1 rings (SSSR count). The van der Waals surface area contributed by atoms with E-state index in [4.69, 9.17) is 0 Å². The zero-order valence-corrected chi connectivity index (χ0v) is 18.0. The van der Waals surface area contributed by atoms with Gasteiger partial charge >= 0.3 is 0 Å². The standard InChI is InChI=1S/C19H32N4O.HI/c1-4-16(3)23-18(24)13-15-22-19(20-5-2)21-14-9-12-17-10-7-6-8-11-17;/h6-8,10-11,16H,4-5,9,12-15H2,1-3H3,(H,23,24)(H2,20,21,22);1H. The first-order valence-corrected chi connectivity index (χ1v) is 9.01. The highest BCUT2D eigenvalue weighted by molar-refractivity contribution is 14.0. The fraction of sp³-hybridized carbons (Fsp3) is 0.579. The summed E-state index contributed by atoms with van der Waals surface area (Å²) >= 11 is 0. The van der Waals surface area contributed by atoms with E-state index in [0.717, 1.165) is 38.3 Å². The van der Waals surface area contributed by atoms with Crippen LogP contribution in [0.25, 0.3) is 0 Å². The molecule has 0 saturated heterocycles. The summed E-state index contributed by atoms with van der Waals surface area (Å²) in [5.74, 6) is 0.860. The molecule has 1 atom stereocenters. The molecule has 0 spiro atoms. The number of carbonyl (C=O) groups is 1. The number of nitrogens with one attached hydrogen (secondary N) is 3. The van der Waals surface area contributed by atoms with Crippen LogP contribution in [0.5, 0.6) is 0 Å². The van der Waals surface area contributed by atoms with Gasteiger partial charge in [0.1, 0.15) is 0 Å². The molecule has 1 aromatic carbocycles. The molecule has 25 heavy (non-hydrogen) atoms. The molecule has 142 valence electrons. The third-order valence-electron chi connectivity index (χ3n) is 3.74. The molecule has 0 aliphatic rings. The Morgan fingerprint density at radius 2 is 1.88 bits per heavy atom. The van der Waals surface area contributed by atoms with Crippen molar-refractivity contribution in [2.24, 2.45) is 4.99 Å². The lowest BCUT2D eigenvalue weighted by Gasteiger charge is -2.13. The van der Waals surface area contributed by atoms with Crippen molar-refractivity contribution in [3.8, 4) is 0 Å². The monoisotopic (exact) mass is 460 g/mol. The smallest absolute Gasteiger partial charge is 0.221 e. The maximum atomic E-state index is 11.8. The molecule has 0 heterocycles. The summed E-state index contributed by atoms with van der Waals surface area (Å²) in [6.07, 6.45) is 3.44. The van der Waals surface area contributed by atoms with Crippen LogP contribution < -0.4 is 16.0 Å². The van der Waals surface area contributed by atoms with Gasteiger partial charge < -0.3 is 16.0 Å². The Labute approximate surface area is 169 Å². The summed E-state index contributed by atoms with van der Waals surface area (Å²) in [5, 5.41) is 9.40. The first-order chi connectivity index (χ1) is 11.7. The van der Waals surface area contributed by atoms with E-state index in [1.54, 1.807) is 0 Å². The van der Waals surface area contributed by atoms with E-state index in [2.05, 4.69) is 52.1 Å². The molecule has 1 aromatic rings. The van der Waals surface area contributed by atoms with Crippen LogP contribution in [0, 0.1) is 0 Å². The SMILES string of the molecule is CCNC(=NCCCc1ccccc1)NCCC(=O)NC(C)CC.I. The van der Waals surface area contributed by atoms with Crippen LogP contribution in [-0.2, 0) is 11.2 Å². The number of amides is 1. The van der Waals surface area contributed by atoms with Gasteiger partial charge in [-0.2, -0.15) is 0 Å². The zero-order chi connectivity index (χ0) is 17.6. The van der Waals surface area contributed by atoms with E-state index in [1.165, 1.54) is 5.56 Å². The molecule has 0 aliphatic carbocycles. The highest BCUT2D eigenvalue weighted by Gasteiger charge is 2.05. The van der Waals surface area contributed by atoms with Crippen molar-refractivity contribution < 1.29 is 4.79 Å². The van der Waals surface area contributed by atoms with Gasteiger partial charge in [-0.25, -0.2) is 0 Å². The first kappa shape index (κ1) is 23.7. The number of hydrogen-bond acceptors (Lipinski definition) is 2. The number of rotatable bonds is 10. The topological polar surface area (TPSA) is 65.5 Å². The molecule has 5 nitrogen and oxygen atoms in total. The molecule has 0 saturated carbocycles. The molecule has 3 N–H and O–H groups in total. The van der Waals surface area contributed by atoms with Crippen molar-refractivity contribution >= 4 is 35.8 Å². The van der Waals surface area contributed by atoms with E-state index in [0.29, 0.717) is 13.0 Å². The summed E-state index contributed by atoms with van der Waals surface area (Å²) in [5.41, 5.74) is 1.34. The van der Waals surface area contributed by atoms with Gasteiger partial charge in [0.15, 0.2) is 5.96 Å². The van der Waals surface area contributed by atoms with E-state index in [1.807, 2.05) is 19.9 Å². The molecule has 0 fully saturated rings. The Bertz CT molecular complexity index is 493. The van der Waals surface area contributed by atoms with Gasteiger partial charge in [-0.05, 0) is 38.7 Å². The number of halogens is 1. The fourth-order valence-corrected chi connectivity index (χ4v) is 2.20. The Kier molecular flexibility index (Phi) is 14.2. The van der Waals surface area contributed by atoms with Gasteiger partial charge in [0.05, 0.1) is 0 Å². The van der Waals surface area contributed by atoms with Gasteiger partial charge in [-0.1, -0.05) is 37.3 Å². The largest absolute Gasteiger partial charge is 0.357 e. The second kappa shape index (κ2) is 15.0. The van der Waals surface area contributed by atoms with Crippen molar-refractivity contribution in [3.05, 3.63) is 35.9 Å². The van der Waals surface area contributed by atoms with Gasteiger partial charge in [-0.15, -0.1) is 24.0 Å². The maximum Gasteiger partial charge on any atom is 0.221 e. The van der Waals surface area contributed by atoms with Crippen molar-refractivity contribution in [2.45, 2.75) is 52.5 Å². The van der Waals surface area contributed by atoms with Crippen molar-refractivity contribution in [1.29, 1.82) is 0 Å². The number of hydrogen-bond donors (Lipinski definition) is 3. The van der Waals surface area contributed by atoms with Crippen molar-refractivity contribution in [2.75, 3.05) is 19.6 Å². The Hall–Kier alpha value is -1.31. The minimum Gasteiger partial charge on any atom is -0.357 e. The fourth-order valence-electron chi connectivity index (χ4n) is 2.20. The highest BCUT2D eigenvalue weighted by Crippen LogP contribution is 2.02. The minimum absolute atomic E-state index is 0. The van der Waals surface area contributed by atoms with E-state index in [-0.39, 0.29) is 35.9 Å². The molecule has 6 heteroatoms. The quantitative estimate of drug-likeness (QED) is 0.218. The van der Waals surface area contributed by atoms with Crippen molar-refractivity contribution in [3.63, 3.8) is 0 Å². The lowest BCUT2D eigenvalue weighted by molar-refractivity contribution is -0.121. The van der Waals surface area contributed by atoms with Crippen LogP contribution >= 0.6 is 24.0 Å². The van der Waals surface area contributed by atoms with Gasteiger partial charge in [0, 0.05) is 32.1 Å². The maximum absolute atomic E-state index is 11.8. The second-order valence-corrected chi connectivity index (χ2v) is 5.90. The van der Waals surface area contributed by atoms with Crippen LogP contribution in [0.2, 0.25) is 0 Å². The van der Waals surface area contributed by atoms with Crippen LogP contribution in [0.15, 0.2) is 35.3 Å². The summed E-state index contributed by atoms with van der Waals surface area (Å²) in [6.45, 7) is 8.29. The summed E-state index contributed by atoms with van der Waals surface area (Å²) < 4.78 is 0. The molecule has 1 unspecified atom stereocenters. The third-order valence-corrected chi connectivity index (χ3v) is 3.74. The Morgan fingerprint density at radius 1 is 1.16 bits per heavy atom. The lowest BCUT2D eigenvalue weighted by atomic mass is 10.1. The van der Waals surface area contributed by atoms with Gasteiger partial charge in [-0.3, -0.25) is 9.79 Å². The minimum atomic E-state index is 0. The van der Waals surface area contributed by atoms with Crippen LogP contribution in [0.4, 0.5) is 0 Å². The summed E-state index contributed by atoms with van der Waals surface area (Å²) in [6, 6.07) is 10.7. The lowest BCUT2D eigenvalue weighted by Crippen LogP contribution is -2.40. The third kappa shape index (κ3) is 11.8.